The van der Waals surface area contributed by atoms with Crippen molar-refractivity contribution in [2.75, 3.05) is 0 Å². The van der Waals surface area contributed by atoms with Crippen LogP contribution in [0.3, 0.4) is 0 Å². The van der Waals surface area contributed by atoms with Crippen LogP contribution in [0.15, 0.2) is 89.9 Å². The van der Waals surface area contributed by atoms with E-state index >= 15 is 0 Å². The van der Waals surface area contributed by atoms with Crippen molar-refractivity contribution < 1.29 is 28.9 Å². The van der Waals surface area contributed by atoms with Crippen LogP contribution < -0.4 is 0 Å². The molecule has 0 amide bonds. The van der Waals surface area contributed by atoms with E-state index in [2.05, 4.69) is 4.99 Å². The first-order chi connectivity index (χ1) is 18.3. The molecule has 38 heavy (non-hydrogen) atoms. The average molecular weight is 510 g/mol. The van der Waals surface area contributed by atoms with Crippen molar-refractivity contribution in [3.63, 3.8) is 0 Å². The Balaban J connectivity index is 1.54. The van der Waals surface area contributed by atoms with Gasteiger partial charge in [0.1, 0.15) is 23.1 Å². The third-order valence-electron chi connectivity index (χ3n) is 6.06. The molecule has 5 aromatic rings. The van der Waals surface area contributed by atoms with Crippen LogP contribution in [0.2, 0.25) is 0 Å². The molecule has 6 nitrogen and oxygen atoms in total. The van der Waals surface area contributed by atoms with Crippen molar-refractivity contribution in [3.8, 4) is 22.8 Å². The van der Waals surface area contributed by atoms with E-state index in [4.69, 9.17) is 0 Å². The Hall–Kier alpha value is -5.24. The Morgan fingerprint density at radius 2 is 1.68 bits per heavy atom. The maximum absolute atomic E-state index is 14.1. The molecule has 8 heteroatoms. The Bertz CT molecular complexity index is 1760. The summed E-state index contributed by atoms with van der Waals surface area (Å²) in [5.74, 6) is -2.82. The van der Waals surface area contributed by atoms with Gasteiger partial charge in [0, 0.05) is 35.0 Å². The molecule has 0 bridgehead atoms. The number of aromatic nitrogens is 1. The zero-order chi connectivity index (χ0) is 26.8. The minimum absolute atomic E-state index is 0.0853. The molecular formula is C30H20F2N2O4. The van der Waals surface area contributed by atoms with Crippen molar-refractivity contribution in [1.29, 1.82) is 0 Å². The number of benzene rings is 4. The molecule has 0 aliphatic carbocycles. The van der Waals surface area contributed by atoms with Gasteiger partial charge in [0.15, 0.2) is 0 Å². The molecule has 0 radical (unpaired) electrons. The molecule has 0 saturated carbocycles. The summed E-state index contributed by atoms with van der Waals surface area (Å²) >= 11 is 0. The van der Waals surface area contributed by atoms with Crippen LogP contribution in [0.5, 0.6) is 11.6 Å². The van der Waals surface area contributed by atoms with E-state index in [1.807, 2.05) is 0 Å². The minimum Gasteiger partial charge on any atom is -0.505 e. The highest BCUT2D eigenvalue weighted by molar-refractivity contribution is 6.04. The van der Waals surface area contributed by atoms with Crippen LogP contribution in [0.1, 0.15) is 21.5 Å². The van der Waals surface area contributed by atoms with Gasteiger partial charge in [0.25, 0.3) is 0 Å². The number of aliphatic imine (C=N–C) groups is 1. The standard InChI is InChI=1S/C30H20F2N2O4/c31-21-12-11-18(25(32)16-21)13-14-34-27-10-2-1-7-23(27)24(29(34)36)17-33-26-9-4-8-22(28(26)35)19-5-3-6-20(15-19)30(37)38/h1-17,35-36H,(H,37,38)/b14-13+,33-17?. The molecule has 1 heterocycles. The van der Waals surface area contributed by atoms with Crippen LogP contribution in [-0.4, -0.2) is 32.1 Å². The second-order valence-corrected chi connectivity index (χ2v) is 8.42. The lowest BCUT2D eigenvalue weighted by molar-refractivity contribution is 0.0697. The van der Waals surface area contributed by atoms with Crippen LogP contribution in [0.4, 0.5) is 14.5 Å². The average Bonchev–Trinajstić information content (AvgIpc) is 3.18. The number of fused-ring (bicyclic) bond motifs is 1. The molecule has 4 aromatic carbocycles. The fraction of sp³-hybridized carbons (Fsp3) is 0. The highest BCUT2D eigenvalue weighted by Gasteiger charge is 2.15. The summed E-state index contributed by atoms with van der Waals surface area (Å²) in [6.07, 6.45) is 4.30. The zero-order valence-corrected chi connectivity index (χ0v) is 19.7. The largest absolute Gasteiger partial charge is 0.505 e. The predicted octanol–water partition coefficient (Wildman–Crippen LogP) is 7.07. The van der Waals surface area contributed by atoms with E-state index in [1.165, 1.54) is 41.3 Å². The van der Waals surface area contributed by atoms with E-state index in [0.29, 0.717) is 27.6 Å². The third-order valence-corrected chi connectivity index (χ3v) is 6.06. The predicted molar refractivity (Wildman–Crippen MR) is 143 cm³/mol. The number of halogens is 2. The first kappa shape index (κ1) is 24.5. The second kappa shape index (κ2) is 10.0. The summed E-state index contributed by atoms with van der Waals surface area (Å²) in [7, 11) is 0. The smallest absolute Gasteiger partial charge is 0.335 e. The third kappa shape index (κ3) is 4.62. The Morgan fingerprint density at radius 3 is 2.47 bits per heavy atom. The van der Waals surface area contributed by atoms with Gasteiger partial charge in [-0.05, 0) is 48.0 Å². The molecule has 5 rings (SSSR count). The van der Waals surface area contributed by atoms with Gasteiger partial charge in [-0.2, -0.15) is 0 Å². The van der Waals surface area contributed by atoms with E-state index in [-0.39, 0.29) is 28.4 Å². The monoisotopic (exact) mass is 510 g/mol. The lowest BCUT2D eigenvalue weighted by atomic mass is 10.0. The maximum atomic E-state index is 14.1. The normalized spacial score (nSPS) is 11.6. The van der Waals surface area contributed by atoms with Crippen LogP contribution in [0.25, 0.3) is 34.3 Å². The summed E-state index contributed by atoms with van der Waals surface area (Å²) in [6, 6.07) is 21.5. The van der Waals surface area contributed by atoms with Gasteiger partial charge in [0.2, 0.25) is 5.88 Å². The minimum atomic E-state index is -1.08. The van der Waals surface area contributed by atoms with E-state index in [0.717, 1.165) is 12.1 Å². The van der Waals surface area contributed by atoms with Gasteiger partial charge in [-0.1, -0.05) is 42.5 Å². The SMILES string of the molecule is O=C(O)c1cccc(-c2cccc(N=Cc3c(O)n(/C=C/c4ccc(F)cc4F)c4ccccc34)c2O)c1. The Kier molecular flexibility index (Phi) is 6.45. The number of carboxylic acid groups (broad SMARTS) is 1. The molecule has 3 N–H and O–H groups in total. The molecule has 0 aliphatic rings. The highest BCUT2D eigenvalue weighted by atomic mass is 19.1. The zero-order valence-electron chi connectivity index (χ0n) is 19.7. The quantitative estimate of drug-likeness (QED) is 0.213. The van der Waals surface area contributed by atoms with Gasteiger partial charge >= 0.3 is 5.97 Å². The summed E-state index contributed by atoms with van der Waals surface area (Å²) in [5, 5.41) is 31.8. The highest BCUT2D eigenvalue weighted by Crippen LogP contribution is 2.38. The fourth-order valence-corrected chi connectivity index (χ4v) is 4.17. The summed E-state index contributed by atoms with van der Waals surface area (Å²) in [5.41, 5.74) is 2.34. The summed E-state index contributed by atoms with van der Waals surface area (Å²) < 4.78 is 28.8. The molecule has 0 unspecified atom stereocenters. The van der Waals surface area contributed by atoms with Crippen molar-refractivity contribution in [3.05, 3.63) is 113 Å². The lowest BCUT2D eigenvalue weighted by Crippen LogP contribution is -1.95. The molecule has 1 aromatic heterocycles. The van der Waals surface area contributed by atoms with Gasteiger partial charge in [0.05, 0.1) is 16.6 Å². The number of carboxylic acids is 1. The van der Waals surface area contributed by atoms with E-state index < -0.39 is 17.6 Å². The number of carbonyl (C=O) groups is 1. The first-order valence-corrected chi connectivity index (χ1v) is 11.5. The number of phenolic OH excluding ortho intramolecular Hbond substituents is 1. The number of aromatic carboxylic acids is 1. The van der Waals surface area contributed by atoms with E-state index in [9.17, 15) is 28.9 Å². The molecule has 188 valence electrons. The van der Waals surface area contributed by atoms with Crippen LogP contribution in [-0.2, 0) is 0 Å². The number of rotatable bonds is 6. The molecule has 0 fully saturated rings. The van der Waals surface area contributed by atoms with Gasteiger partial charge in [-0.3, -0.25) is 9.56 Å². The van der Waals surface area contributed by atoms with Crippen molar-refractivity contribution in [2.24, 2.45) is 4.99 Å². The van der Waals surface area contributed by atoms with Crippen LogP contribution >= 0.6 is 0 Å². The molecule has 0 atom stereocenters. The number of para-hydroxylation sites is 2. The number of nitrogens with zero attached hydrogens (tertiary/aromatic N) is 2. The Labute approximate surface area is 215 Å². The van der Waals surface area contributed by atoms with Gasteiger partial charge in [-0.15, -0.1) is 0 Å². The topological polar surface area (TPSA) is 95.0 Å². The lowest BCUT2D eigenvalue weighted by Gasteiger charge is -2.08. The van der Waals surface area contributed by atoms with Gasteiger partial charge < -0.3 is 15.3 Å². The van der Waals surface area contributed by atoms with Crippen LogP contribution in [0, 0.1) is 11.6 Å². The number of phenols is 1. The summed E-state index contributed by atoms with van der Waals surface area (Å²) in [6.45, 7) is 0. The van der Waals surface area contributed by atoms with Gasteiger partial charge in [-0.25, -0.2) is 13.6 Å². The first-order valence-electron chi connectivity index (χ1n) is 11.5. The molecule has 0 spiro atoms. The molecular weight excluding hydrogens is 490 g/mol. The number of aromatic hydroxyl groups is 2. The summed E-state index contributed by atoms with van der Waals surface area (Å²) in [4.78, 5) is 15.7. The number of hydrogen-bond donors (Lipinski definition) is 3. The van der Waals surface area contributed by atoms with E-state index in [1.54, 1.807) is 54.6 Å². The second-order valence-electron chi connectivity index (χ2n) is 8.42. The fourth-order valence-electron chi connectivity index (χ4n) is 4.17. The van der Waals surface area contributed by atoms with Crippen molar-refractivity contribution in [2.45, 2.75) is 0 Å². The van der Waals surface area contributed by atoms with Crippen molar-refractivity contribution in [1.82, 2.24) is 4.57 Å². The molecule has 0 saturated heterocycles. The number of hydrogen-bond acceptors (Lipinski definition) is 4. The molecule has 0 aliphatic heterocycles. The Morgan fingerprint density at radius 1 is 0.895 bits per heavy atom. The van der Waals surface area contributed by atoms with Crippen molar-refractivity contribution >= 4 is 41.1 Å². The maximum Gasteiger partial charge on any atom is 0.335 e.